The molecule has 0 unspecified atom stereocenters. The summed E-state index contributed by atoms with van der Waals surface area (Å²) in [5.74, 6) is 0.170. The quantitative estimate of drug-likeness (QED) is 0.804. The topological polar surface area (TPSA) is 53.2 Å². The Labute approximate surface area is 124 Å². The number of anilines is 1. The number of nitrogens with one attached hydrogen (secondary N) is 3. The average Bonchev–Trinajstić information content (AvgIpc) is 2.42. The molecular weight excluding hydrogens is 281 g/mol. The number of urea groups is 1. The van der Waals surface area contributed by atoms with Crippen LogP contribution in [0.5, 0.6) is 0 Å². The van der Waals surface area contributed by atoms with Gasteiger partial charge >= 0.3 is 6.03 Å². The zero-order valence-corrected chi connectivity index (χ0v) is 12.4. The summed E-state index contributed by atoms with van der Waals surface area (Å²) in [6.07, 6.45) is 2.28. The van der Waals surface area contributed by atoms with Gasteiger partial charge in [-0.25, -0.2) is 9.18 Å². The lowest BCUT2D eigenvalue weighted by Gasteiger charge is -2.22. The molecule has 1 saturated heterocycles. The van der Waals surface area contributed by atoms with E-state index in [1.807, 2.05) is 0 Å². The molecule has 0 aromatic heterocycles. The molecule has 0 radical (unpaired) electrons. The van der Waals surface area contributed by atoms with E-state index >= 15 is 0 Å². The van der Waals surface area contributed by atoms with Crippen LogP contribution in [-0.4, -0.2) is 25.7 Å². The lowest BCUT2D eigenvalue weighted by molar-refractivity contribution is 0.248. The fourth-order valence-electron chi connectivity index (χ4n) is 2.18. The number of hydrogen-bond acceptors (Lipinski definition) is 2. The van der Waals surface area contributed by atoms with Crippen molar-refractivity contribution in [3.63, 3.8) is 0 Å². The van der Waals surface area contributed by atoms with Crippen molar-refractivity contribution >= 4 is 24.1 Å². The third-order valence-corrected chi connectivity index (χ3v) is 3.38. The van der Waals surface area contributed by atoms with Gasteiger partial charge in [-0.3, -0.25) is 0 Å². The van der Waals surface area contributed by atoms with Crippen LogP contribution in [0.3, 0.4) is 0 Å². The van der Waals surface area contributed by atoms with Gasteiger partial charge in [-0.2, -0.15) is 0 Å². The van der Waals surface area contributed by atoms with Crippen molar-refractivity contribution in [1.82, 2.24) is 10.6 Å². The SMILES string of the molecule is Cc1ccc(NC(=O)NC[C@H]2CCCNC2)cc1F.Cl. The highest BCUT2D eigenvalue weighted by atomic mass is 35.5. The number of carbonyl (C=O) groups excluding carboxylic acids is 1. The van der Waals surface area contributed by atoms with E-state index in [0.29, 0.717) is 23.7 Å². The Kier molecular flexibility index (Phi) is 6.75. The van der Waals surface area contributed by atoms with Gasteiger partial charge < -0.3 is 16.0 Å². The van der Waals surface area contributed by atoms with Crippen LogP contribution < -0.4 is 16.0 Å². The smallest absolute Gasteiger partial charge is 0.319 e. The molecular formula is C14H21ClFN3O. The summed E-state index contributed by atoms with van der Waals surface area (Å²) in [5, 5.41) is 8.76. The van der Waals surface area contributed by atoms with Gasteiger partial charge in [0, 0.05) is 12.2 Å². The summed E-state index contributed by atoms with van der Waals surface area (Å²) in [6.45, 7) is 4.34. The van der Waals surface area contributed by atoms with Crippen molar-refractivity contribution in [2.24, 2.45) is 5.92 Å². The van der Waals surface area contributed by atoms with Crippen LogP contribution in [0, 0.1) is 18.7 Å². The predicted molar refractivity (Wildman–Crippen MR) is 81.0 cm³/mol. The van der Waals surface area contributed by atoms with E-state index in [1.165, 1.54) is 6.07 Å². The molecule has 2 amide bonds. The lowest BCUT2D eigenvalue weighted by Crippen LogP contribution is -2.39. The van der Waals surface area contributed by atoms with Crippen LogP contribution in [-0.2, 0) is 0 Å². The van der Waals surface area contributed by atoms with Gasteiger partial charge in [0.1, 0.15) is 5.82 Å². The van der Waals surface area contributed by atoms with Crippen molar-refractivity contribution < 1.29 is 9.18 Å². The molecule has 20 heavy (non-hydrogen) atoms. The third-order valence-electron chi connectivity index (χ3n) is 3.38. The van der Waals surface area contributed by atoms with E-state index in [4.69, 9.17) is 0 Å². The van der Waals surface area contributed by atoms with Crippen molar-refractivity contribution in [3.05, 3.63) is 29.6 Å². The average molecular weight is 302 g/mol. The van der Waals surface area contributed by atoms with E-state index < -0.39 is 0 Å². The van der Waals surface area contributed by atoms with Crippen molar-refractivity contribution in [1.29, 1.82) is 0 Å². The first kappa shape index (κ1) is 16.7. The maximum atomic E-state index is 13.3. The van der Waals surface area contributed by atoms with Crippen LogP contribution in [0.2, 0.25) is 0 Å². The van der Waals surface area contributed by atoms with Gasteiger partial charge in [0.2, 0.25) is 0 Å². The maximum absolute atomic E-state index is 13.3. The Morgan fingerprint density at radius 2 is 2.30 bits per heavy atom. The largest absolute Gasteiger partial charge is 0.338 e. The van der Waals surface area contributed by atoms with Gasteiger partial charge in [-0.05, 0) is 56.5 Å². The van der Waals surface area contributed by atoms with Gasteiger partial charge in [0.15, 0.2) is 0 Å². The highest BCUT2D eigenvalue weighted by molar-refractivity contribution is 5.89. The van der Waals surface area contributed by atoms with E-state index in [2.05, 4.69) is 16.0 Å². The molecule has 4 nitrogen and oxygen atoms in total. The Morgan fingerprint density at radius 3 is 2.95 bits per heavy atom. The Bertz CT molecular complexity index is 450. The molecule has 6 heteroatoms. The molecule has 0 spiro atoms. The minimum atomic E-state index is -0.311. The molecule has 112 valence electrons. The van der Waals surface area contributed by atoms with Crippen LogP contribution in [0.15, 0.2) is 18.2 Å². The molecule has 2 rings (SSSR count). The normalized spacial score (nSPS) is 18.0. The number of aryl methyl sites for hydroxylation is 1. The minimum Gasteiger partial charge on any atom is -0.338 e. The van der Waals surface area contributed by atoms with Crippen molar-refractivity contribution in [2.45, 2.75) is 19.8 Å². The second-order valence-electron chi connectivity index (χ2n) is 5.01. The highest BCUT2D eigenvalue weighted by Crippen LogP contribution is 2.13. The minimum absolute atomic E-state index is 0. The summed E-state index contributed by atoms with van der Waals surface area (Å²) < 4.78 is 13.3. The predicted octanol–water partition coefficient (Wildman–Crippen LogP) is 2.68. The number of carbonyl (C=O) groups is 1. The van der Waals surface area contributed by atoms with Crippen LogP contribution >= 0.6 is 12.4 Å². The molecule has 3 N–H and O–H groups in total. The number of hydrogen-bond donors (Lipinski definition) is 3. The molecule has 1 aliphatic rings. The van der Waals surface area contributed by atoms with E-state index in [1.54, 1.807) is 19.1 Å². The number of halogens is 2. The number of benzene rings is 1. The van der Waals surface area contributed by atoms with E-state index in [-0.39, 0.29) is 24.3 Å². The maximum Gasteiger partial charge on any atom is 0.319 e. The second-order valence-corrected chi connectivity index (χ2v) is 5.01. The van der Waals surface area contributed by atoms with E-state index in [9.17, 15) is 9.18 Å². The first-order chi connectivity index (χ1) is 9.15. The van der Waals surface area contributed by atoms with Gasteiger partial charge in [-0.1, -0.05) is 6.07 Å². The molecule has 1 fully saturated rings. The number of piperidine rings is 1. The first-order valence-corrected chi connectivity index (χ1v) is 6.67. The van der Waals surface area contributed by atoms with Crippen LogP contribution in [0.25, 0.3) is 0 Å². The summed E-state index contributed by atoms with van der Waals surface area (Å²) in [7, 11) is 0. The lowest BCUT2D eigenvalue weighted by atomic mass is 10.00. The molecule has 1 heterocycles. The monoisotopic (exact) mass is 301 g/mol. The van der Waals surface area contributed by atoms with Crippen molar-refractivity contribution in [3.8, 4) is 0 Å². The Hall–Kier alpha value is -1.33. The molecule has 0 aliphatic carbocycles. The fourth-order valence-corrected chi connectivity index (χ4v) is 2.18. The van der Waals surface area contributed by atoms with Gasteiger partial charge in [-0.15, -0.1) is 12.4 Å². The molecule has 0 saturated carbocycles. The zero-order valence-electron chi connectivity index (χ0n) is 11.5. The van der Waals surface area contributed by atoms with Crippen molar-refractivity contribution in [2.75, 3.05) is 25.0 Å². The number of rotatable bonds is 3. The second kappa shape index (κ2) is 8.07. The van der Waals surface area contributed by atoms with E-state index in [0.717, 1.165) is 25.9 Å². The Morgan fingerprint density at radius 1 is 1.50 bits per heavy atom. The highest BCUT2D eigenvalue weighted by Gasteiger charge is 2.13. The molecule has 1 aliphatic heterocycles. The molecule has 1 aromatic carbocycles. The van der Waals surface area contributed by atoms with Crippen LogP contribution in [0.1, 0.15) is 18.4 Å². The zero-order chi connectivity index (χ0) is 13.7. The standard InChI is InChI=1S/C14H20FN3O.ClH/c1-10-4-5-12(7-13(10)15)18-14(19)17-9-11-3-2-6-16-8-11;/h4-5,7,11,16H,2-3,6,8-9H2,1H3,(H2,17,18,19);1H/t11-;/m0./s1. The summed E-state index contributed by atoms with van der Waals surface area (Å²) >= 11 is 0. The van der Waals surface area contributed by atoms with Gasteiger partial charge in [0.25, 0.3) is 0 Å². The Balaban J connectivity index is 0.00000200. The summed E-state index contributed by atoms with van der Waals surface area (Å²) in [6, 6.07) is 4.39. The van der Waals surface area contributed by atoms with Crippen LogP contribution in [0.4, 0.5) is 14.9 Å². The molecule has 1 aromatic rings. The molecule has 1 atom stereocenters. The fraction of sp³-hybridized carbons (Fsp3) is 0.500. The third kappa shape index (κ3) is 4.98. The first-order valence-electron chi connectivity index (χ1n) is 6.67. The summed E-state index contributed by atoms with van der Waals surface area (Å²) in [5.41, 5.74) is 1.04. The summed E-state index contributed by atoms with van der Waals surface area (Å²) in [4.78, 5) is 11.7. The van der Waals surface area contributed by atoms with Gasteiger partial charge in [0.05, 0.1) is 0 Å². The number of amides is 2. The molecule has 0 bridgehead atoms.